The number of amides is 1. The first-order valence-electron chi connectivity index (χ1n) is 8.29. The molecule has 1 fully saturated rings. The van der Waals surface area contributed by atoms with Crippen LogP contribution in [0, 0.1) is 22.9 Å². The van der Waals surface area contributed by atoms with Gasteiger partial charge >= 0.3 is 5.97 Å². The number of halogens is 1. The van der Waals surface area contributed by atoms with Crippen molar-refractivity contribution in [2.45, 2.75) is 25.8 Å². The molecule has 1 N–H and O–H groups in total. The van der Waals surface area contributed by atoms with Gasteiger partial charge in [-0.2, -0.15) is 5.10 Å². The summed E-state index contributed by atoms with van der Waals surface area (Å²) in [5.74, 6) is -2.36. The molecule has 2 aromatic rings. The van der Waals surface area contributed by atoms with Gasteiger partial charge in [0, 0.05) is 24.8 Å². The second-order valence-electron chi connectivity index (χ2n) is 6.41. The van der Waals surface area contributed by atoms with Crippen LogP contribution in [0.3, 0.4) is 0 Å². The first kappa shape index (κ1) is 18.5. The van der Waals surface area contributed by atoms with E-state index in [4.69, 9.17) is 5.11 Å². The predicted octanol–water partition coefficient (Wildman–Crippen LogP) is 2.41. The summed E-state index contributed by atoms with van der Waals surface area (Å²) < 4.78 is 15.3. The molecule has 1 aliphatic heterocycles. The molecule has 0 saturated carbocycles. The number of rotatable bonds is 4. The van der Waals surface area contributed by atoms with Crippen molar-refractivity contribution in [2.75, 3.05) is 13.1 Å². The van der Waals surface area contributed by atoms with Crippen LogP contribution in [0.4, 0.5) is 10.1 Å². The standard InChI is InChI=1S/C17H17FN4O5/c1-10-6-12(18)7-14(15(10)22(26)27)16(23)20-4-2-13(3-5-20)21-9-11(8-19-21)17(24)25/h6-9,13H,2-5H2,1H3,(H,24,25). The highest BCUT2D eigenvalue weighted by atomic mass is 19.1. The van der Waals surface area contributed by atoms with Crippen LogP contribution in [0.15, 0.2) is 24.5 Å². The van der Waals surface area contributed by atoms with Gasteiger partial charge in [0.25, 0.3) is 11.6 Å². The summed E-state index contributed by atoms with van der Waals surface area (Å²) in [6, 6.07) is 1.84. The van der Waals surface area contributed by atoms with E-state index >= 15 is 0 Å². The van der Waals surface area contributed by atoms with Crippen LogP contribution >= 0.6 is 0 Å². The van der Waals surface area contributed by atoms with Gasteiger partial charge in [-0.25, -0.2) is 9.18 Å². The van der Waals surface area contributed by atoms with Crippen molar-refractivity contribution in [3.63, 3.8) is 0 Å². The van der Waals surface area contributed by atoms with Gasteiger partial charge in [0.05, 0.1) is 22.7 Å². The molecule has 0 aliphatic carbocycles. The minimum atomic E-state index is -1.07. The quantitative estimate of drug-likeness (QED) is 0.647. The largest absolute Gasteiger partial charge is 0.478 e. The molecular formula is C17H17FN4O5. The molecule has 1 aliphatic rings. The lowest BCUT2D eigenvalue weighted by atomic mass is 10.0. The third kappa shape index (κ3) is 3.64. The summed E-state index contributed by atoms with van der Waals surface area (Å²) in [4.78, 5) is 35.7. The highest BCUT2D eigenvalue weighted by molar-refractivity contribution is 5.98. The fraction of sp³-hybridized carbons (Fsp3) is 0.353. The number of carboxylic acids is 1. The monoisotopic (exact) mass is 376 g/mol. The number of aryl methyl sites for hydroxylation is 1. The Morgan fingerprint density at radius 2 is 2.00 bits per heavy atom. The van der Waals surface area contributed by atoms with E-state index in [1.54, 1.807) is 4.68 Å². The van der Waals surface area contributed by atoms with Crippen LogP contribution in [-0.4, -0.2) is 49.7 Å². The van der Waals surface area contributed by atoms with Crippen molar-refractivity contribution in [3.8, 4) is 0 Å². The van der Waals surface area contributed by atoms with E-state index in [2.05, 4.69) is 5.10 Å². The van der Waals surface area contributed by atoms with Gasteiger partial charge in [-0.15, -0.1) is 0 Å². The first-order chi connectivity index (χ1) is 12.8. The molecule has 10 heteroatoms. The zero-order valence-electron chi connectivity index (χ0n) is 14.5. The zero-order chi connectivity index (χ0) is 19.7. The lowest BCUT2D eigenvalue weighted by Crippen LogP contribution is -2.39. The SMILES string of the molecule is Cc1cc(F)cc(C(=O)N2CCC(n3cc(C(=O)O)cn3)CC2)c1[N+](=O)[O-]. The van der Waals surface area contributed by atoms with Crippen LogP contribution in [0.2, 0.25) is 0 Å². The molecule has 0 bridgehead atoms. The van der Waals surface area contributed by atoms with E-state index in [1.807, 2.05) is 0 Å². The van der Waals surface area contributed by atoms with E-state index in [0.717, 1.165) is 12.1 Å². The molecule has 0 radical (unpaired) electrons. The maximum Gasteiger partial charge on any atom is 0.338 e. The van der Waals surface area contributed by atoms with Crippen molar-refractivity contribution in [2.24, 2.45) is 0 Å². The molecule has 1 saturated heterocycles. The molecule has 0 unspecified atom stereocenters. The smallest absolute Gasteiger partial charge is 0.338 e. The Bertz CT molecular complexity index is 918. The Labute approximate surface area is 153 Å². The molecule has 142 valence electrons. The number of hydrogen-bond donors (Lipinski definition) is 1. The number of aromatic nitrogens is 2. The number of carbonyl (C=O) groups is 2. The number of piperidine rings is 1. The van der Waals surface area contributed by atoms with Crippen LogP contribution in [0.25, 0.3) is 0 Å². The number of nitro benzene ring substituents is 1. The zero-order valence-corrected chi connectivity index (χ0v) is 14.5. The number of benzene rings is 1. The second kappa shape index (κ2) is 7.14. The lowest BCUT2D eigenvalue weighted by Gasteiger charge is -2.32. The Balaban J connectivity index is 1.75. The van der Waals surface area contributed by atoms with E-state index in [-0.39, 0.29) is 28.4 Å². The fourth-order valence-electron chi connectivity index (χ4n) is 3.29. The van der Waals surface area contributed by atoms with Gasteiger partial charge in [-0.1, -0.05) is 0 Å². The molecule has 9 nitrogen and oxygen atoms in total. The number of aromatic carboxylic acids is 1. The average Bonchev–Trinajstić information content (AvgIpc) is 3.10. The highest BCUT2D eigenvalue weighted by Crippen LogP contribution is 2.29. The van der Waals surface area contributed by atoms with Gasteiger partial charge in [-0.05, 0) is 31.9 Å². The molecular weight excluding hydrogens is 359 g/mol. The van der Waals surface area contributed by atoms with Gasteiger partial charge in [-0.3, -0.25) is 19.6 Å². The molecule has 0 spiro atoms. The number of hydrogen-bond acceptors (Lipinski definition) is 5. The number of nitrogens with zero attached hydrogens (tertiary/aromatic N) is 4. The molecule has 1 amide bonds. The van der Waals surface area contributed by atoms with Crippen molar-refractivity contribution >= 4 is 17.6 Å². The molecule has 27 heavy (non-hydrogen) atoms. The minimum Gasteiger partial charge on any atom is -0.478 e. The number of nitro groups is 1. The van der Waals surface area contributed by atoms with Crippen molar-refractivity contribution in [3.05, 3.63) is 57.1 Å². The lowest BCUT2D eigenvalue weighted by molar-refractivity contribution is -0.385. The van der Waals surface area contributed by atoms with Gasteiger partial charge in [0.1, 0.15) is 11.4 Å². The predicted molar refractivity (Wildman–Crippen MR) is 91.2 cm³/mol. The summed E-state index contributed by atoms with van der Waals surface area (Å²) >= 11 is 0. The first-order valence-corrected chi connectivity index (χ1v) is 8.29. The van der Waals surface area contributed by atoms with Crippen molar-refractivity contribution in [1.29, 1.82) is 0 Å². The van der Waals surface area contributed by atoms with E-state index in [1.165, 1.54) is 24.2 Å². The summed E-state index contributed by atoms with van der Waals surface area (Å²) in [6.07, 6.45) is 3.72. The van der Waals surface area contributed by atoms with Crippen LogP contribution in [0.5, 0.6) is 0 Å². The molecule has 1 aromatic heterocycles. The summed E-state index contributed by atoms with van der Waals surface area (Å²) in [6.45, 7) is 2.00. The molecule has 2 heterocycles. The van der Waals surface area contributed by atoms with E-state index in [0.29, 0.717) is 25.9 Å². The molecule has 1 aromatic carbocycles. The second-order valence-corrected chi connectivity index (χ2v) is 6.41. The number of likely N-dealkylation sites (tertiary alicyclic amines) is 1. The Morgan fingerprint density at radius 3 is 2.56 bits per heavy atom. The van der Waals surface area contributed by atoms with Crippen molar-refractivity contribution < 1.29 is 24.0 Å². The Kier molecular flexibility index (Phi) is 4.89. The average molecular weight is 376 g/mol. The van der Waals surface area contributed by atoms with Gasteiger partial charge < -0.3 is 10.0 Å². The Hall–Kier alpha value is -3.30. The highest BCUT2D eigenvalue weighted by Gasteiger charge is 2.31. The topological polar surface area (TPSA) is 119 Å². The summed E-state index contributed by atoms with van der Waals surface area (Å²) in [5, 5.41) is 24.3. The van der Waals surface area contributed by atoms with Crippen LogP contribution in [-0.2, 0) is 0 Å². The molecule has 3 rings (SSSR count). The van der Waals surface area contributed by atoms with Crippen molar-refractivity contribution in [1.82, 2.24) is 14.7 Å². The summed E-state index contributed by atoms with van der Waals surface area (Å²) in [7, 11) is 0. The fourth-order valence-corrected chi connectivity index (χ4v) is 3.29. The van der Waals surface area contributed by atoms with Gasteiger partial charge in [0.15, 0.2) is 0 Å². The third-order valence-corrected chi connectivity index (χ3v) is 4.65. The Morgan fingerprint density at radius 1 is 1.33 bits per heavy atom. The summed E-state index contributed by atoms with van der Waals surface area (Å²) in [5.41, 5.74) is -0.472. The van der Waals surface area contributed by atoms with Crippen LogP contribution in [0.1, 0.15) is 45.2 Å². The minimum absolute atomic E-state index is 0.0774. The normalized spacial score (nSPS) is 15.0. The maximum atomic E-state index is 13.7. The third-order valence-electron chi connectivity index (χ3n) is 4.65. The van der Waals surface area contributed by atoms with Gasteiger partial charge in [0.2, 0.25) is 0 Å². The maximum absolute atomic E-state index is 13.7. The molecule has 0 atom stereocenters. The van der Waals surface area contributed by atoms with E-state index in [9.17, 15) is 24.1 Å². The van der Waals surface area contributed by atoms with E-state index < -0.39 is 22.6 Å². The number of carboxylic acid groups (broad SMARTS) is 1. The van der Waals surface area contributed by atoms with Crippen LogP contribution < -0.4 is 0 Å². The number of carbonyl (C=O) groups excluding carboxylic acids is 1.